The van der Waals surface area contributed by atoms with E-state index in [-0.39, 0.29) is 5.91 Å². The fourth-order valence-electron chi connectivity index (χ4n) is 2.00. The average molecular weight is 277 g/mol. The smallest absolute Gasteiger partial charge is 0.255 e. The molecule has 0 radical (unpaired) electrons. The van der Waals surface area contributed by atoms with E-state index in [1.54, 1.807) is 11.9 Å². The highest BCUT2D eigenvalue weighted by molar-refractivity contribution is 5.99. The number of nitrogens with zero attached hydrogens (tertiary/aromatic N) is 1. The number of carbonyl (C=O) groups is 1. The predicted octanol–water partition coefficient (Wildman–Crippen LogP) is 1.78. The summed E-state index contributed by atoms with van der Waals surface area (Å²) in [6.45, 7) is 3.94. The second kappa shape index (κ2) is 6.72. The number of carbonyl (C=O) groups excluding carboxylic acids is 1. The summed E-state index contributed by atoms with van der Waals surface area (Å²) in [6.07, 6.45) is 2.56. The Morgan fingerprint density at radius 2 is 2.25 bits per heavy atom. The lowest BCUT2D eigenvalue weighted by Gasteiger charge is -2.19. The fourth-order valence-corrected chi connectivity index (χ4v) is 2.00. The van der Waals surface area contributed by atoms with Crippen molar-refractivity contribution in [3.05, 3.63) is 29.3 Å². The average Bonchev–Trinajstić information content (AvgIpc) is 3.26. The van der Waals surface area contributed by atoms with Gasteiger partial charge in [0, 0.05) is 20.2 Å². The van der Waals surface area contributed by atoms with Crippen LogP contribution in [0.3, 0.4) is 0 Å². The molecule has 0 aromatic heterocycles. The van der Waals surface area contributed by atoms with Crippen molar-refractivity contribution in [1.82, 2.24) is 4.90 Å². The summed E-state index contributed by atoms with van der Waals surface area (Å²) < 4.78 is 5.56. The second-order valence-electron chi connectivity index (χ2n) is 5.44. The standard InChI is InChI=1S/C15H23N3O2/c1-11-3-6-14(17-16)13(9-11)15(19)18(2)7-8-20-10-12-4-5-12/h3,6,9,12,17H,4-5,7-8,10,16H2,1-2H3. The molecule has 1 aromatic carbocycles. The Labute approximate surface area is 120 Å². The molecule has 1 fully saturated rings. The first-order valence-electron chi connectivity index (χ1n) is 7.02. The highest BCUT2D eigenvalue weighted by atomic mass is 16.5. The normalized spacial score (nSPS) is 14.2. The number of nitrogen functional groups attached to an aromatic ring is 1. The van der Waals surface area contributed by atoms with Crippen molar-refractivity contribution < 1.29 is 9.53 Å². The van der Waals surface area contributed by atoms with Crippen LogP contribution in [0.4, 0.5) is 5.69 Å². The van der Waals surface area contributed by atoms with Gasteiger partial charge in [-0.1, -0.05) is 11.6 Å². The van der Waals surface area contributed by atoms with Crippen molar-refractivity contribution in [2.45, 2.75) is 19.8 Å². The lowest BCUT2D eigenvalue weighted by Crippen LogP contribution is -2.31. The maximum atomic E-state index is 12.4. The first kappa shape index (κ1) is 14.8. The number of rotatable bonds is 7. The molecular formula is C15H23N3O2. The molecule has 0 bridgehead atoms. The molecule has 0 spiro atoms. The van der Waals surface area contributed by atoms with Crippen LogP contribution < -0.4 is 11.3 Å². The SMILES string of the molecule is Cc1ccc(NN)c(C(=O)N(C)CCOCC2CC2)c1. The van der Waals surface area contributed by atoms with Gasteiger partial charge in [-0.15, -0.1) is 0 Å². The molecule has 110 valence electrons. The van der Waals surface area contributed by atoms with Gasteiger partial charge in [0.05, 0.1) is 17.9 Å². The number of ether oxygens (including phenoxy) is 1. The van der Waals surface area contributed by atoms with Crippen LogP contribution in [-0.4, -0.2) is 37.6 Å². The van der Waals surface area contributed by atoms with Crippen LogP contribution >= 0.6 is 0 Å². The van der Waals surface area contributed by atoms with E-state index >= 15 is 0 Å². The van der Waals surface area contributed by atoms with Gasteiger partial charge in [0.1, 0.15) is 0 Å². The van der Waals surface area contributed by atoms with Gasteiger partial charge in [-0.05, 0) is 37.8 Å². The van der Waals surface area contributed by atoms with Gasteiger partial charge in [-0.25, -0.2) is 0 Å². The molecule has 0 aliphatic heterocycles. The van der Waals surface area contributed by atoms with Crippen LogP contribution in [0.2, 0.25) is 0 Å². The minimum Gasteiger partial charge on any atom is -0.379 e. The van der Waals surface area contributed by atoms with E-state index in [9.17, 15) is 4.79 Å². The molecule has 20 heavy (non-hydrogen) atoms. The number of hydrazine groups is 1. The summed E-state index contributed by atoms with van der Waals surface area (Å²) in [4.78, 5) is 14.1. The number of aryl methyl sites for hydroxylation is 1. The first-order chi connectivity index (χ1) is 9.61. The predicted molar refractivity (Wildman–Crippen MR) is 79.5 cm³/mol. The summed E-state index contributed by atoms with van der Waals surface area (Å²) >= 11 is 0. The van der Waals surface area contributed by atoms with Crippen LogP contribution in [0.1, 0.15) is 28.8 Å². The van der Waals surface area contributed by atoms with E-state index in [4.69, 9.17) is 10.6 Å². The fraction of sp³-hybridized carbons (Fsp3) is 0.533. The van der Waals surface area contributed by atoms with Gasteiger partial charge in [0.2, 0.25) is 0 Å². The Balaban J connectivity index is 1.89. The van der Waals surface area contributed by atoms with E-state index in [0.29, 0.717) is 24.4 Å². The quantitative estimate of drug-likeness (QED) is 0.453. The highest BCUT2D eigenvalue weighted by Gasteiger charge is 2.21. The monoisotopic (exact) mass is 277 g/mol. The number of amides is 1. The minimum atomic E-state index is -0.0447. The molecule has 0 atom stereocenters. The van der Waals surface area contributed by atoms with Crippen molar-refractivity contribution in [1.29, 1.82) is 0 Å². The van der Waals surface area contributed by atoms with E-state index in [1.165, 1.54) is 12.8 Å². The lowest BCUT2D eigenvalue weighted by atomic mass is 10.1. The zero-order chi connectivity index (χ0) is 14.5. The van der Waals surface area contributed by atoms with Crippen molar-refractivity contribution in [2.75, 3.05) is 32.2 Å². The lowest BCUT2D eigenvalue weighted by molar-refractivity contribution is 0.0682. The maximum absolute atomic E-state index is 12.4. The van der Waals surface area contributed by atoms with E-state index < -0.39 is 0 Å². The van der Waals surface area contributed by atoms with Crippen molar-refractivity contribution in [3.8, 4) is 0 Å². The number of likely N-dealkylation sites (N-methyl/N-ethyl adjacent to an activating group) is 1. The van der Waals surface area contributed by atoms with Gasteiger partial charge >= 0.3 is 0 Å². The Morgan fingerprint density at radius 3 is 2.90 bits per heavy atom. The zero-order valence-electron chi connectivity index (χ0n) is 12.2. The van der Waals surface area contributed by atoms with E-state index in [2.05, 4.69) is 5.43 Å². The number of nitrogens with two attached hydrogens (primary N) is 1. The Bertz CT molecular complexity index is 472. The third-order valence-corrected chi connectivity index (χ3v) is 3.53. The molecule has 5 heteroatoms. The summed E-state index contributed by atoms with van der Waals surface area (Å²) in [5, 5.41) is 0. The molecule has 0 saturated heterocycles. The maximum Gasteiger partial charge on any atom is 0.255 e. The number of benzene rings is 1. The third-order valence-electron chi connectivity index (χ3n) is 3.53. The molecule has 3 N–H and O–H groups in total. The Kier molecular flexibility index (Phi) is 4.98. The minimum absolute atomic E-state index is 0.0447. The molecule has 5 nitrogen and oxygen atoms in total. The number of nitrogens with one attached hydrogen (secondary N) is 1. The zero-order valence-corrected chi connectivity index (χ0v) is 12.2. The van der Waals surface area contributed by atoms with Crippen LogP contribution in [0.25, 0.3) is 0 Å². The van der Waals surface area contributed by atoms with Gasteiger partial charge < -0.3 is 15.1 Å². The molecule has 1 amide bonds. The molecule has 0 unspecified atom stereocenters. The van der Waals surface area contributed by atoms with Crippen molar-refractivity contribution in [3.63, 3.8) is 0 Å². The van der Waals surface area contributed by atoms with Gasteiger partial charge in [0.15, 0.2) is 0 Å². The van der Waals surface area contributed by atoms with Gasteiger partial charge in [-0.3, -0.25) is 10.6 Å². The summed E-state index contributed by atoms with van der Waals surface area (Å²) in [7, 11) is 1.78. The third kappa shape index (κ3) is 3.95. The topological polar surface area (TPSA) is 67.6 Å². The number of hydrogen-bond acceptors (Lipinski definition) is 4. The summed E-state index contributed by atoms with van der Waals surface area (Å²) in [6, 6.07) is 5.59. The molecular weight excluding hydrogens is 254 g/mol. The van der Waals surface area contributed by atoms with Crippen LogP contribution in [-0.2, 0) is 4.74 Å². The van der Waals surface area contributed by atoms with Gasteiger partial charge in [-0.2, -0.15) is 0 Å². The summed E-state index contributed by atoms with van der Waals surface area (Å²) in [5.74, 6) is 6.16. The van der Waals surface area contributed by atoms with Gasteiger partial charge in [0.25, 0.3) is 5.91 Å². The Morgan fingerprint density at radius 1 is 1.50 bits per heavy atom. The van der Waals surface area contributed by atoms with Crippen molar-refractivity contribution >= 4 is 11.6 Å². The number of anilines is 1. The molecule has 2 rings (SSSR count). The number of hydrogen-bond donors (Lipinski definition) is 2. The van der Waals surface area contributed by atoms with Crippen LogP contribution in [0.15, 0.2) is 18.2 Å². The Hall–Kier alpha value is -1.59. The largest absolute Gasteiger partial charge is 0.379 e. The molecule has 1 aliphatic rings. The highest BCUT2D eigenvalue weighted by Crippen LogP contribution is 2.28. The summed E-state index contributed by atoms with van der Waals surface area (Å²) in [5.41, 5.74) is 4.84. The van der Waals surface area contributed by atoms with E-state index in [1.807, 2.05) is 25.1 Å². The van der Waals surface area contributed by atoms with Crippen molar-refractivity contribution in [2.24, 2.45) is 11.8 Å². The van der Waals surface area contributed by atoms with Crippen LogP contribution in [0.5, 0.6) is 0 Å². The molecule has 0 heterocycles. The van der Waals surface area contributed by atoms with Crippen LogP contribution in [0, 0.1) is 12.8 Å². The second-order valence-corrected chi connectivity index (χ2v) is 5.44. The van der Waals surface area contributed by atoms with E-state index in [0.717, 1.165) is 18.1 Å². The molecule has 1 aliphatic carbocycles. The first-order valence-corrected chi connectivity index (χ1v) is 7.02. The molecule has 1 aromatic rings. The molecule has 1 saturated carbocycles.